The van der Waals surface area contributed by atoms with Crippen LogP contribution < -0.4 is 29.1 Å². The van der Waals surface area contributed by atoms with Gasteiger partial charge in [-0.2, -0.15) is 4.98 Å². The summed E-state index contributed by atoms with van der Waals surface area (Å²) >= 11 is 0. The van der Waals surface area contributed by atoms with Crippen molar-refractivity contribution in [1.29, 1.82) is 0 Å². The monoisotopic (exact) mass is 645 g/mol. The van der Waals surface area contributed by atoms with Crippen LogP contribution >= 0.6 is 0 Å². The molecule has 0 spiro atoms. The maximum atomic E-state index is 11.8. The van der Waals surface area contributed by atoms with Crippen LogP contribution in [-0.2, 0) is 10.0 Å². The van der Waals surface area contributed by atoms with Gasteiger partial charge in [-0.3, -0.25) is 4.72 Å². The first-order valence-electron chi connectivity index (χ1n) is 14.6. The minimum atomic E-state index is -3.43. The largest absolute Gasteiger partial charge is 0.493 e. The Morgan fingerprint density at radius 3 is 2.43 bits per heavy atom. The molecule has 5 aromatic rings. The molecule has 3 aromatic carbocycles. The van der Waals surface area contributed by atoms with Gasteiger partial charge in [-0.25, -0.2) is 18.4 Å². The van der Waals surface area contributed by atoms with E-state index in [1.54, 1.807) is 52.1 Å². The van der Waals surface area contributed by atoms with Crippen LogP contribution in [0.3, 0.4) is 0 Å². The van der Waals surface area contributed by atoms with Gasteiger partial charge in [0, 0.05) is 29.8 Å². The maximum absolute atomic E-state index is 11.8. The highest BCUT2D eigenvalue weighted by Crippen LogP contribution is 2.40. The normalized spacial score (nSPS) is 14.8. The van der Waals surface area contributed by atoms with Crippen molar-refractivity contribution in [3.05, 3.63) is 67.1 Å². The van der Waals surface area contributed by atoms with Gasteiger partial charge in [0.2, 0.25) is 21.7 Å². The van der Waals surface area contributed by atoms with E-state index in [0.29, 0.717) is 46.0 Å². The second-order valence-corrected chi connectivity index (χ2v) is 12.7. The van der Waals surface area contributed by atoms with E-state index >= 15 is 0 Å². The molecule has 1 fully saturated rings. The summed E-state index contributed by atoms with van der Waals surface area (Å²) in [5.41, 5.74) is 3.57. The fourth-order valence-corrected chi connectivity index (χ4v) is 6.26. The number of aromatic nitrogens is 4. The molecular weight excluding hydrogens is 610 g/mol. The number of rotatable bonds is 11. The quantitative estimate of drug-likeness (QED) is 0.185. The van der Waals surface area contributed by atoms with E-state index in [2.05, 4.69) is 19.9 Å². The van der Waals surface area contributed by atoms with Crippen LogP contribution in [0.25, 0.3) is 27.7 Å². The Kier molecular flexibility index (Phi) is 8.56. The highest BCUT2D eigenvalue weighted by Gasteiger charge is 2.27. The minimum absolute atomic E-state index is 0.0195. The number of sulfonamides is 1. The van der Waals surface area contributed by atoms with E-state index in [-0.39, 0.29) is 12.6 Å². The van der Waals surface area contributed by atoms with Crippen molar-refractivity contribution in [2.24, 2.45) is 0 Å². The van der Waals surface area contributed by atoms with Gasteiger partial charge in [0.25, 0.3) is 0 Å². The SMILES string of the molecule is COc1cc(-n2cnc(Nc3nc(N4CCCC4CO)c4ccc(-c5cccc(NS(C)(=O)=O)c5)cc4n3)c2)cc(OC)c1OC. The molecule has 0 amide bonds. The van der Waals surface area contributed by atoms with E-state index in [1.165, 1.54) is 0 Å². The number of ether oxygens (including phenoxy) is 3. The Balaban J connectivity index is 1.39. The topological polar surface area (TPSA) is 153 Å². The van der Waals surface area contributed by atoms with Crippen molar-refractivity contribution in [3.63, 3.8) is 0 Å². The summed E-state index contributed by atoms with van der Waals surface area (Å²) in [6, 6.07) is 16.7. The average Bonchev–Trinajstić information content (AvgIpc) is 3.72. The zero-order valence-corrected chi connectivity index (χ0v) is 26.7. The number of anilines is 4. The van der Waals surface area contributed by atoms with E-state index in [9.17, 15) is 13.5 Å². The molecule has 6 rings (SSSR count). The molecular formula is C32H35N7O6S. The van der Waals surface area contributed by atoms with E-state index < -0.39 is 10.0 Å². The molecule has 240 valence electrons. The van der Waals surface area contributed by atoms with E-state index in [1.807, 2.05) is 41.0 Å². The Morgan fingerprint density at radius 2 is 1.74 bits per heavy atom. The van der Waals surface area contributed by atoms with Crippen LogP contribution in [0.15, 0.2) is 67.1 Å². The van der Waals surface area contributed by atoms with Crippen molar-refractivity contribution in [3.8, 4) is 34.1 Å². The highest BCUT2D eigenvalue weighted by molar-refractivity contribution is 7.92. The molecule has 14 heteroatoms. The Labute approximate surface area is 266 Å². The molecule has 1 aliphatic heterocycles. The smallest absolute Gasteiger partial charge is 0.230 e. The van der Waals surface area contributed by atoms with Gasteiger partial charge in [0.15, 0.2) is 17.3 Å². The van der Waals surface area contributed by atoms with Crippen LogP contribution in [-0.4, -0.2) is 79.8 Å². The molecule has 3 heterocycles. The number of methoxy groups -OCH3 is 3. The zero-order valence-electron chi connectivity index (χ0n) is 25.9. The lowest BCUT2D eigenvalue weighted by molar-refractivity contribution is 0.266. The molecule has 0 bridgehead atoms. The molecule has 3 N–H and O–H groups in total. The number of imidazole rings is 1. The minimum Gasteiger partial charge on any atom is -0.493 e. The Bertz CT molecular complexity index is 1970. The van der Waals surface area contributed by atoms with Crippen LogP contribution in [0.2, 0.25) is 0 Å². The van der Waals surface area contributed by atoms with Crippen molar-refractivity contribution in [1.82, 2.24) is 19.5 Å². The summed E-state index contributed by atoms with van der Waals surface area (Å²) in [6.45, 7) is 0.777. The molecule has 1 atom stereocenters. The van der Waals surface area contributed by atoms with Crippen LogP contribution in [0.4, 0.5) is 23.3 Å². The summed E-state index contributed by atoms with van der Waals surface area (Å²) in [5, 5.41) is 14.2. The lowest BCUT2D eigenvalue weighted by Crippen LogP contribution is -2.33. The summed E-state index contributed by atoms with van der Waals surface area (Å²) in [7, 11) is 1.25. The van der Waals surface area contributed by atoms with Gasteiger partial charge in [0.1, 0.15) is 12.1 Å². The summed E-state index contributed by atoms with van der Waals surface area (Å²) in [4.78, 5) is 16.4. The first-order chi connectivity index (χ1) is 22.2. The van der Waals surface area contributed by atoms with Crippen molar-refractivity contribution in [2.45, 2.75) is 18.9 Å². The number of benzene rings is 3. The van der Waals surface area contributed by atoms with Gasteiger partial charge in [-0.15, -0.1) is 0 Å². The first kappa shape index (κ1) is 30.9. The summed E-state index contributed by atoms with van der Waals surface area (Å²) < 4.78 is 44.4. The predicted molar refractivity (Wildman–Crippen MR) is 177 cm³/mol. The van der Waals surface area contributed by atoms with Crippen LogP contribution in [0.5, 0.6) is 17.2 Å². The molecule has 0 radical (unpaired) electrons. The summed E-state index contributed by atoms with van der Waals surface area (Å²) in [6.07, 6.45) is 6.38. The fraction of sp³-hybridized carbons (Fsp3) is 0.281. The predicted octanol–water partition coefficient (Wildman–Crippen LogP) is 4.58. The molecule has 1 unspecified atom stereocenters. The molecule has 1 aliphatic rings. The van der Waals surface area contributed by atoms with E-state index in [0.717, 1.165) is 47.8 Å². The molecule has 13 nitrogen and oxygen atoms in total. The molecule has 1 saturated heterocycles. The Morgan fingerprint density at radius 1 is 0.978 bits per heavy atom. The van der Waals surface area contributed by atoms with Crippen LogP contribution in [0, 0.1) is 0 Å². The molecule has 2 aromatic heterocycles. The lowest BCUT2D eigenvalue weighted by Gasteiger charge is -2.26. The third kappa shape index (κ3) is 6.34. The molecule has 0 saturated carbocycles. The number of aliphatic hydroxyl groups is 1. The zero-order chi connectivity index (χ0) is 32.4. The molecule has 46 heavy (non-hydrogen) atoms. The third-order valence-corrected chi connectivity index (χ3v) is 8.41. The van der Waals surface area contributed by atoms with Gasteiger partial charge >= 0.3 is 0 Å². The highest BCUT2D eigenvalue weighted by atomic mass is 32.2. The Hall–Kier alpha value is -5.08. The first-order valence-corrected chi connectivity index (χ1v) is 16.5. The van der Waals surface area contributed by atoms with Crippen molar-refractivity contribution in [2.75, 3.05) is 55.7 Å². The van der Waals surface area contributed by atoms with Gasteiger partial charge in [-0.1, -0.05) is 18.2 Å². The number of nitrogens with one attached hydrogen (secondary N) is 2. The third-order valence-electron chi connectivity index (χ3n) is 7.81. The van der Waals surface area contributed by atoms with Gasteiger partial charge in [-0.05, 0) is 48.2 Å². The standard InChI is InChI=1S/C32H35N7O6S/c1-43-27-15-24(16-28(44-2)30(27)45-3)38-17-29(33-19-38)35-32-34-26-14-21(20-7-5-8-22(13-20)37-46(4,41)42)10-11-25(26)31(36-32)39-12-6-9-23(39)18-40/h5,7-8,10-11,13-17,19,23,37,40H,6,9,12,18H2,1-4H3,(H,34,35,36). The number of hydrogen-bond donors (Lipinski definition) is 3. The molecule has 0 aliphatic carbocycles. The number of hydrogen-bond acceptors (Lipinski definition) is 11. The van der Waals surface area contributed by atoms with E-state index in [4.69, 9.17) is 24.2 Å². The fourth-order valence-electron chi connectivity index (χ4n) is 5.71. The lowest BCUT2D eigenvalue weighted by atomic mass is 10.0. The second kappa shape index (κ2) is 12.7. The number of fused-ring (bicyclic) bond motifs is 1. The van der Waals surface area contributed by atoms with Gasteiger partial charge in [0.05, 0.1) is 57.6 Å². The van der Waals surface area contributed by atoms with Crippen molar-refractivity contribution >= 4 is 44.2 Å². The maximum Gasteiger partial charge on any atom is 0.230 e. The average molecular weight is 646 g/mol. The number of aliphatic hydroxyl groups excluding tert-OH is 1. The number of nitrogens with zero attached hydrogens (tertiary/aromatic N) is 5. The van der Waals surface area contributed by atoms with Gasteiger partial charge < -0.3 is 34.1 Å². The summed E-state index contributed by atoms with van der Waals surface area (Å²) in [5.74, 6) is 3.08. The van der Waals surface area contributed by atoms with Crippen LogP contribution in [0.1, 0.15) is 12.8 Å². The van der Waals surface area contributed by atoms with Crippen molar-refractivity contribution < 1.29 is 27.7 Å². The second-order valence-electron chi connectivity index (χ2n) is 10.9.